The first-order valence-electron chi connectivity index (χ1n) is 5.39. The van der Waals surface area contributed by atoms with E-state index in [-0.39, 0.29) is 5.97 Å². The summed E-state index contributed by atoms with van der Waals surface area (Å²) in [5.41, 5.74) is 2.83. The lowest BCUT2D eigenvalue weighted by atomic mass is 10.1. The summed E-state index contributed by atoms with van der Waals surface area (Å²) in [6, 6.07) is 5.33. The normalized spacial score (nSPS) is 10.2. The van der Waals surface area contributed by atoms with Crippen molar-refractivity contribution in [3.63, 3.8) is 0 Å². The van der Waals surface area contributed by atoms with Gasteiger partial charge >= 0.3 is 5.97 Å². The van der Waals surface area contributed by atoms with Crippen molar-refractivity contribution in [2.45, 2.75) is 13.8 Å². The van der Waals surface area contributed by atoms with E-state index in [1.807, 2.05) is 6.07 Å². The van der Waals surface area contributed by atoms with Crippen LogP contribution in [0.15, 0.2) is 35.1 Å². The first-order valence-corrected chi connectivity index (χ1v) is 5.39. The molecule has 88 valence electrons. The molecule has 4 heteroatoms. The van der Waals surface area contributed by atoms with Crippen LogP contribution in [0.1, 0.15) is 23.0 Å². The van der Waals surface area contributed by atoms with E-state index in [2.05, 4.69) is 4.98 Å². The van der Waals surface area contributed by atoms with Crippen LogP contribution in [0.3, 0.4) is 0 Å². The summed E-state index contributed by atoms with van der Waals surface area (Å²) in [6.07, 6.45) is 3.21. The summed E-state index contributed by atoms with van der Waals surface area (Å²) in [5, 5.41) is 0. The van der Waals surface area contributed by atoms with Gasteiger partial charge in [-0.25, -0.2) is 4.79 Å². The molecule has 0 amide bonds. The highest BCUT2D eigenvalue weighted by atomic mass is 16.5. The van der Waals surface area contributed by atoms with Crippen molar-refractivity contribution in [2.24, 2.45) is 0 Å². The molecule has 0 aromatic carbocycles. The summed E-state index contributed by atoms with van der Waals surface area (Å²) in [5.74, 6) is -0.337. The van der Waals surface area contributed by atoms with Crippen molar-refractivity contribution in [3.8, 4) is 11.3 Å². The second-order valence-electron chi connectivity index (χ2n) is 3.56. The van der Waals surface area contributed by atoms with Crippen LogP contribution in [0.25, 0.3) is 11.3 Å². The van der Waals surface area contributed by atoms with Crippen LogP contribution in [-0.4, -0.2) is 17.6 Å². The number of hydrogen-bond acceptors (Lipinski definition) is 4. The van der Waals surface area contributed by atoms with Crippen LogP contribution >= 0.6 is 0 Å². The Morgan fingerprint density at radius 3 is 2.82 bits per heavy atom. The number of aryl methyl sites for hydroxylation is 1. The third-order valence-corrected chi connectivity index (χ3v) is 2.40. The van der Waals surface area contributed by atoms with Gasteiger partial charge in [-0.3, -0.25) is 4.98 Å². The number of furan rings is 1. The molecule has 0 unspecified atom stereocenters. The number of rotatable bonds is 3. The number of carbonyl (C=O) groups is 1. The predicted octanol–water partition coefficient (Wildman–Crippen LogP) is 2.83. The molecule has 0 aliphatic carbocycles. The molecule has 0 atom stereocenters. The van der Waals surface area contributed by atoms with Gasteiger partial charge in [0.05, 0.1) is 36.1 Å². The summed E-state index contributed by atoms with van der Waals surface area (Å²) < 4.78 is 9.94. The quantitative estimate of drug-likeness (QED) is 0.762. The van der Waals surface area contributed by atoms with Crippen LogP contribution in [0.5, 0.6) is 0 Å². The van der Waals surface area contributed by atoms with E-state index in [0.29, 0.717) is 17.9 Å². The first-order chi connectivity index (χ1) is 8.22. The number of pyridine rings is 1. The molecule has 0 N–H and O–H groups in total. The molecule has 2 aromatic heterocycles. The zero-order valence-electron chi connectivity index (χ0n) is 9.77. The maximum absolute atomic E-state index is 11.6. The molecule has 2 rings (SSSR count). The van der Waals surface area contributed by atoms with E-state index >= 15 is 0 Å². The van der Waals surface area contributed by atoms with Crippen LogP contribution in [-0.2, 0) is 4.74 Å². The lowest BCUT2D eigenvalue weighted by Crippen LogP contribution is -2.07. The molecule has 17 heavy (non-hydrogen) atoms. The minimum atomic E-state index is -0.337. The van der Waals surface area contributed by atoms with Gasteiger partial charge in [0, 0.05) is 5.56 Å². The summed E-state index contributed by atoms with van der Waals surface area (Å²) in [7, 11) is 0. The van der Waals surface area contributed by atoms with E-state index in [4.69, 9.17) is 9.15 Å². The Bertz CT molecular complexity index is 517. The number of ether oxygens (including phenoxy) is 1. The fourth-order valence-corrected chi connectivity index (χ4v) is 1.56. The van der Waals surface area contributed by atoms with E-state index in [1.54, 1.807) is 38.5 Å². The SMILES string of the molecule is CCOC(=O)c1ccc(-c2ccoc2)nc1C. The molecule has 2 aromatic rings. The zero-order valence-corrected chi connectivity index (χ0v) is 9.77. The second-order valence-corrected chi connectivity index (χ2v) is 3.56. The van der Waals surface area contributed by atoms with Gasteiger partial charge in [0.1, 0.15) is 0 Å². The van der Waals surface area contributed by atoms with Crippen molar-refractivity contribution < 1.29 is 13.9 Å². The van der Waals surface area contributed by atoms with Crippen LogP contribution in [0.4, 0.5) is 0 Å². The maximum Gasteiger partial charge on any atom is 0.339 e. The molecule has 0 spiro atoms. The monoisotopic (exact) mass is 231 g/mol. The van der Waals surface area contributed by atoms with Crippen molar-refractivity contribution in [2.75, 3.05) is 6.61 Å². The van der Waals surface area contributed by atoms with Crippen LogP contribution in [0, 0.1) is 6.92 Å². The third-order valence-electron chi connectivity index (χ3n) is 2.40. The average molecular weight is 231 g/mol. The van der Waals surface area contributed by atoms with E-state index in [9.17, 15) is 4.79 Å². The minimum absolute atomic E-state index is 0.337. The van der Waals surface area contributed by atoms with Gasteiger partial charge < -0.3 is 9.15 Å². The van der Waals surface area contributed by atoms with Gasteiger partial charge in [0.2, 0.25) is 0 Å². The Morgan fingerprint density at radius 1 is 1.41 bits per heavy atom. The van der Waals surface area contributed by atoms with Gasteiger partial charge in [-0.2, -0.15) is 0 Å². The molecule has 0 radical (unpaired) electrons. The van der Waals surface area contributed by atoms with Crippen molar-refractivity contribution in [3.05, 3.63) is 42.0 Å². The number of nitrogens with zero attached hydrogens (tertiary/aromatic N) is 1. The molecule has 0 aliphatic heterocycles. The topological polar surface area (TPSA) is 52.3 Å². The summed E-state index contributed by atoms with van der Waals surface area (Å²) in [4.78, 5) is 15.9. The first kappa shape index (κ1) is 11.4. The Labute approximate surface area is 99.2 Å². The highest BCUT2D eigenvalue weighted by Crippen LogP contribution is 2.19. The Balaban J connectivity index is 2.32. The van der Waals surface area contributed by atoms with Gasteiger partial charge in [-0.15, -0.1) is 0 Å². The number of hydrogen-bond donors (Lipinski definition) is 0. The van der Waals surface area contributed by atoms with Crippen molar-refractivity contribution in [1.82, 2.24) is 4.98 Å². The molecule has 0 saturated carbocycles. The summed E-state index contributed by atoms with van der Waals surface area (Å²) >= 11 is 0. The van der Waals surface area contributed by atoms with E-state index < -0.39 is 0 Å². The number of carbonyl (C=O) groups excluding carboxylic acids is 1. The lowest BCUT2D eigenvalue weighted by Gasteiger charge is -2.06. The Morgan fingerprint density at radius 2 is 2.24 bits per heavy atom. The Hall–Kier alpha value is -2.10. The zero-order chi connectivity index (χ0) is 12.3. The molecule has 0 aliphatic rings. The smallest absolute Gasteiger partial charge is 0.339 e. The number of esters is 1. The van der Waals surface area contributed by atoms with Crippen molar-refractivity contribution in [1.29, 1.82) is 0 Å². The Kier molecular flexibility index (Phi) is 3.23. The molecular formula is C13H13NO3. The van der Waals surface area contributed by atoms with Gasteiger partial charge in [-0.1, -0.05) is 0 Å². The highest BCUT2D eigenvalue weighted by molar-refractivity contribution is 5.90. The fraction of sp³-hybridized carbons (Fsp3) is 0.231. The minimum Gasteiger partial charge on any atom is -0.472 e. The van der Waals surface area contributed by atoms with Crippen LogP contribution in [0.2, 0.25) is 0 Å². The van der Waals surface area contributed by atoms with E-state index in [0.717, 1.165) is 11.3 Å². The molecule has 0 fully saturated rings. The van der Waals surface area contributed by atoms with Gasteiger partial charge in [0.25, 0.3) is 0 Å². The maximum atomic E-state index is 11.6. The standard InChI is InChI=1S/C13H13NO3/c1-3-17-13(15)11-4-5-12(14-9(11)2)10-6-7-16-8-10/h4-8H,3H2,1-2H3. The fourth-order valence-electron chi connectivity index (χ4n) is 1.56. The summed E-state index contributed by atoms with van der Waals surface area (Å²) in [6.45, 7) is 3.93. The molecule has 0 bridgehead atoms. The third kappa shape index (κ3) is 2.36. The largest absolute Gasteiger partial charge is 0.472 e. The van der Waals surface area contributed by atoms with Crippen LogP contribution < -0.4 is 0 Å². The molecular weight excluding hydrogens is 218 g/mol. The lowest BCUT2D eigenvalue weighted by molar-refractivity contribution is 0.0525. The highest BCUT2D eigenvalue weighted by Gasteiger charge is 2.12. The van der Waals surface area contributed by atoms with E-state index in [1.165, 1.54) is 0 Å². The van der Waals surface area contributed by atoms with Crippen molar-refractivity contribution >= 4 is 5.97 Å². The molecule has 0 saturated heterocycles. The van der Waals surface area contributed by atoms with Gasteiger partial charge in [0.15, 0.2) is 0 Å². The molecule has 4 nitrogen and oxygen atoms in total. The second kappa shape index (κ2) is 4.82. The molecule has 2 heterocycles. The number of aromatic nitrogens is 1. The average Bonchev–Trinajstić information content (AvgIpc) is 2.82. The van der Waals surface area contributed by atoms with Gasteiger partial charge in [-0.05, 0) is 32.0 Å². The predicted molar refractivity (Wildman–Crippen MR) is 62.6 cm³/mol.